The van der Waals surface area contributed by atoms with Crippen molar-refractivity contribution >= 4 is 27.9 Å². The van der Waals surface area contributed by atoms with Gasteiger partial charge in [-0.05, 0) is 25.1 Å². The number of rotatable bonds is 2. The van der Waals surface area contributed by atoms with Crippen molar-refractivity contribution in [2.24, 2.45) is 0 Å². The second-order valence-electron chi connectivity index (χ2n) is 3.95. The number of anilines is 1. The Bertz CT molecular complexity index is 395. The van der Waals surface area contributed by atoms with E-state index in [1.54, 1.807) is 0 Å². The fourth-order valence-electron chi connectivity index (χ4n) is 1.94. The number of aldehydes is 1. The monoisotopic (exact) mass is 283 g/mol. The summed E-state index contributed by atoms with van der Waals surface area (Å²) in [4.78, 5) is 13.2. The lowest BCUT2D eigenvalue weighted by molar-refractivity contribution is 0.0531. The van der Waals surface area contributed by atoms with Crippen LogP contribution in [0, 0.1) is 0 Å². The van der Waals surface area contributed by atoms with Crippen LogP contribution in [-0.2, 0) is 4.74 Å². The average molecular weight is 284 g/mol. The molecule has 1 heterocycles. The van der Waals surface area contributed by atoms with Gasteiger partial charge in [0.05, 0.1) is 12.7 Å². The predicted molar refractivity (Wildman–Crippen MR) is 67.2 cm³/mol. The SMILES string of the molecule is CC1CN(c2ccc(Br)cc2C=O)CCO1. The van der Waals surface area contributed by atoms with Gasteiger partial charge in [0.1, 0.15) is 0 Å². The van der Waals surface area contributed by atoms with Crippen LogP contribution in [0.4, 0.5) is 5.69 Å². The number of morpholine rings is 1. The lowest BCUT2D eigenvalue weighted by Crippen LogP contribution is -2.41. The zero-order chi connectivity index (χ0) is 11.5. The van der Waals surface area contributed by atoms with Gasteiger partial charge in [-0.15, -0.1) is 0 Å². The summed E-state index contributed by atoms with van der Waals surface area (Å²) < 4.78 is 6.42. The van der Waals surface area contributed by atoms with Crippen molar-refractivity contribution in [1.29, 1.82) is 0 Å². The van der Waals surface area contributed by atoms with Crippen LogP contribution in [0.5, 0.6) is 0 Å². The third-order valence-corrected chi connectivity index (χ3v) is 3.19. The Morgan fingerprint density at radius 1 is 1.56 bits per heavy atom. The predicted octanol–water partition coefficient (Wildman–Crippen LogP) is 2.49. The van der Waals surface area contributed by atoms with Gasteiger partial charge in [0.25, 0.3) is 0 Å². The fourth-order valence-corrected chi connectivity index (χ4v) is 2.32. The van der Waals surface area contributed by atoms with E-state index in [2.05, 4.69) is 20.8 Å². The molecule has 3 nitrogen and oxygen atoms in total. The molecule has 0 amide bonds. The highest BCUT2D eigenvalue weighted by Crippen LogP contribution is 2.24. The average Bonchev–Trinajstić information content (AvgIpc) is 2.28. The van der Waals surface area contributed by atoms with Crippen molar-refractivity contribution < 1.29 is 9.53 Å². The number of benzene rings is 1. The Morgan fingerprint density at radius 3 is 3.06 bits per heavy atom. The molecule has 1 aliphatic rings. The topological polar surface area (TPSA) is 29.5 Å². The summed E-state index contributed by atoms with van der Waals surface area (Å²) in [5, 5.41) is 0. The summed E-state index contributed by atoms with van der Waals surface area (Å²) >= 11 is 3.37. The van der Waals surface area contributed by atoms with Crippen molar-refractivity contribution in [2.45, 2.75) is 13.0 Å². The molecule has 1 atom stereocenters. The second-order valence-corrected chi connectivity index (χ2v) is 4.86. The molecule has 1 unspecified atom stereocenters. The number of carbonyl (C=O) groups is 1. The van der Waals surface area contributed by atoms with E-state index in [0.29, 0.717) is 0 Å². The number of halogens is 1. The summed E-state index contributed by atoms with van der Waals surface area (Å²) in [5.74, 6) is 0. The van der Waals surface area contributed by atoms with Crippen LogP contribution in [0.15, 0.2) is 22.7 Å². The van der Waals surface area contributed by atoms with E-state index in [9.17, 15) is 4.79 Å². The molecule has 2 rings (SSSR count). The van der Waals surface area contributed by atoms with Crippen LogP contribution < -0.4 is 4.90 Å². The van der Waals surface area contributed by atoms with E-state index in [4.69, 9.17) is 4.74 Å². The van der Waals surface area contributed by atoms with E-state index in [-0.39, 0.29) is 6.10 Å². The normalized spacial score (nSPS) is 20.9. The van der Waals surface area contributed by atoms with Crippen molar-refractivity contribution in [3.05, 3.63) is 28.2 Å². The number of ether oxygens (including phenoxy) is 1. The minimum absolute atomic E-state index is 0.219. The Hall–Kier alpha value is -0.870. The smallest absolute Gasteiger partial charge is 0.152 e. The van der Waals surface area contributed by atoms with Crippen molar-refractivity contribution in [2.75, 3.05) is 24.6 Å². The first-order chi connectivity index (χ1) is 7.70. The van der Waals surface area contributed by atoms with E-state index in [1.807, 2.05) is 25.1 Å². The maximum Gasteiger partial charge on any atom is 0.152 e. The molecule has 0 radical (unpaired) electrons. The van der Waals surface area contributed by atoms with E-state index in [0.717, 1.165) is 41.7 Å². The molecule has 1 aromatic carbocycles. The third-order valence-electron chi connectivity index (χ3n) is 2.70. The molecule has 1 saturated heterocycles. The zero-order valence-electron chi connectivity index (χ0n) is 9.15. The van der Waals surface area contributed by atoms with E-state index < -0.39 is 0 Å². The quantitative estimate of drug-likeness (QED) is 0.781. The molecule has 0 bridgehead atoms. The van der Waals surface area contributed by atoms with Crippen LogP contribution in [-0.4, -0.2) is 32.1 Å². The van der Waals surface area contributed by atoms with Gasteiger partial charge in [-0.2, -0.15) is 0 Å². The summed E-state index contributed by atoms with van der Waals surface area (Å²) in [7, 11) is 0. The summed E-state index contributed by atoms with van der Waals surface area (Å²) in [5.41, 5.74) is 1.72. The molecule has 0 spiro atoms. The molecule has 0 saturated carbocycles. The molecule has 1 aliphatic heterocycles. The Kier molecular flexibility index (Phi) is 3.61. The molecule has 0 N–H and O–H groups in total. The van der Waals surface area contributed by atoms with Gasteiger partial charge >= 0.3 is 0 Å². The lowest BCUT2D eigenvalue weighted by atomic mass is 10.1. The molecule has 1 fully saturated rings. The number of carbonyl (C=O) groups excluding carboxylic acids is 1. The minimum Gasteiger partial charge on any atom is -0.375 e. The summed E-state index contributed by atoms with van der Waals surface area (Å²) in [6.07, 6.45) is 1.12. The summed E-state index contributed by atoms with van der Waals surface area (Å²) in [6.45, 7) is 4.44. The van der Waals surface area contributed by atoms with Crippen molar-refractivity contribution in [3.8, 4) is 0 Å². The molecular weight excluding hydrogens is 270 g/mol. The van der Waals surface area contributed by atoms with Gasteiger partial charge in [0.2, 0.25) is 0 Å². The van der Waals surface area contributed by atoms with Crippen LogP contribution in [0.2, 0.25) is 0 Å². The highest BCUT2D eigenvalue weighted by molar-refractivity contribution is 9.10. The van der Waals surface area contributed by atoms with Crippen LogP contribution in [0.1, 0.15) is 17.3 Å². The molecule has 4 heteroatoms. The second kappa shape index (κ2) is 4.97. The first-order valence-electron chi connectivity index (χ1n) is 5.32. The van der Waals surface area contributed by atoms with Crippen LogP contribution in [0.3, 0.4) is 0 Å². The highest BCUT2D eigenvalue weighted by atomic mass is 79.9. The van der Waals surface area contributed by atoms with Gasteiger partial charge in [0.15, 0.2) is 6.29 Å². The minimum atomic E-state index is 0.219. The fraction of sp³-hybridized carbons (Fsp3) is 0.417. The molecular formula is C12H14BrNO2. The third kappa shape index (κ3) is 2.44. The van der Waals surface area contributed by atoms with Crippen LogP contribution >= 0.6 is 15.9 Å². The molecule has 86 valence electrons. The largest absolute Gasteiger partial charge is 0.375 e. The molecule has 1 aromatic rings. The maximum absolute atomic E-state index is 11.0. The molecule has 16 heavy (non-hydrogen) atoms. The van der Waals surface area contributed by atoms with Crippen molar-refractivity contribution in [3.63, 3.8) is 0 Å². The molecule has 0 aromatic heterocycles. The van der Waals surface area contributed by atoms with Crippen molar-refractivity contribution in [1.82, 2.24) is 0 Å². The van der Waals surface area contributed by atoms with Gasteiger partial charge in [-0.3, -0.25) is 4.79 Å². The number of hydrogen-bond acceptors (Lipinski definition) is 3. The Labute approximate surface area is 104 Å². The highest BCUT2D eigenvalue weighted by Gasteiger charge is 2.19. The first-order valence-corrected chi connectivity index (χ1v) is 6.11. The lowest BCUT2D eigenvalue weighted by Gasteiger charge is -2.33. The van der Waals surface area contributed by atoms with Crippen LogP contribution in [0.25, 0.3) is 0 Å². The first kappa shape index (κ1) is 11.6. The van der Waals surface area contributed by atoms with Gasteiger partial charge < -0.3 is 9.64 Å². The zero-order valence-corrected chi connectivity index (χ0v) is 10.7. The van der Waals surface area contributed by atoms with E-state index in [1.165, 1.54) is 0 Å². The van der Waals surface area contributed by atoms with Gasteiger partial charge in [-0.25, -0.2) is 0 Å². The maximum atomic E-state index is 11.0. The van der Waals surface area contributed by atoms with E-state index >= 15 is 0 Å². The van der Waals surface area contributed by atoms with Gasteiger partial charge in [0, 0.05) is 28.8 Å². The van der Waals surface area contributed by atoms with Gasteiger partial charge in [-0.1, -0.05) is 15.9 Å². The summed E-state index contributed by atoms with van der Waals surface area (Å²) in [6, 6.07) is 5.79. The molecule has 0 aliphatic carbocycles. The Morgan fingerprint density at radius 2 is 2.38 bits per heavy atom. The number of nitrogens with zero attached hydrogens (tertiary/aromatic N) is 1. The number of hydrogen-bond donors (Lipinski definition) is 0. The Balaban J connectivity index is 2.28. The standard InChI is InChI=1S/C12H14BrNO2/c1-9-7-14(4-5-16-9)12-3-2-11(13)6-10(12)8-15/h2-3,6,8-9H,4-5,7H2,1H3.